The third-order valence-corrected chi connectivity index (χ3v) is 13.3. The number of rotatable bonds is 24. The summed E-state index contributed by atoms with van der Waals surface area (Å²) in [6.07, 6.45) is 0.922. The number of carbonyl (C=O) groups is 2. The molecule has 0 aliphatic carbocycles. The first-order valence-corrected chi connectivity index (χ1v) is 20.4. The first kappa shape index (κ1) is 46.0. The number of methoxy groups -OCH3 is 1. The van der Waals surface area contributed by atoms with E-state index in [0.717, 1.165) is 12.0 Å². The predicted molar refractivity (Wildman–Crippen MR) is 224 cm³/mol. The van der Waals surface area contributed by atoms with Crippen molar-refractivity contribution in [2.45, 2.75) is 154 Å². The molecule has 5 N–H and O–H groups in total. The molecular weight excluding hydrogens is 679 g/mol. The van der Waals surface area contributed by atoms with E-state index in [4.69, 9.17) is 33.2 Å². The Labute approximate surface area is 333 Å². The summed E-state index contributed by atoms with van der Waals surface area (Å²) in [5.41, 5.74) is 11.2. The Morgan fingerprint density at radius 1 is 0.870 bits per heavy atom. The van der Waals surface area contributed by atoms with Gasteiger partial charge in [-0.25, -0.2) is 0 Å². The van der Waals surface area contributed by atoms with Crippen molar-refractivity contribution in [3.8, 4) is 11.5 Å². The summed E-state index contributed by atoms with van der Waals surface area (Å²) in [6, 6.07) is 5.78. The van der Waals surface area contributed by atoms with Gasteiger partial charge in [0.05, 0.1) is 45.6 Å². The van der Waals surface area contributed by atoms with Gasteiger partial charge in [-0.3, -0.25) is 9.59 Å². The summed E-state index contributed by atoms with van der Waals surface area (Å²) in [4.78, 5) is 27.1. The molecule has 0 bridgehead atoms. The zero-order valence-electron chi connectivity index (χ0n) is 39.6. The number of nitrogens with two attached hydrogens (primary N) is 2. The van der Waals surface area contributed by atoms with Gasteiger partial charge in [0.2, 0.25) is 11.8 Å². The smallest absolute Gasteiger partial charge is 0.226 e. The van der Waals surface area contributed by atoms with E-state index in [2.05, 4.69) is 60.7 Å². The van der Waals surface area contributed by atoms with Crippen molar-refractivity contribution in [3.63, 3.8) is 0 Å². The van der Waals surface area contributed by atoms with Crippen molar-refractivity contribution in [3.05, 3.63) is 23.8 Å². The van der Waals surface area contributed by atoms with E-state index in [1.54, 1.807) is 13.2 Å². The minimum atomic E-state index is -1.89. The van der Waals surface area contributed by atoms with Crippen molar-refractivity contribution in [1.82, 2.24) is 5.32 Å². The third kappa shape index (κ3) is 12.3. The average Bonchev–Trinajstić information content (AvgIpc) is 3.09. The van der Waals surface area contributed by atoms with Gasteiger partial charge in [0.15, 0.2) is 11.5 Å². The quantitative estimate of drug-likeness (QED) is 0.0957. The maximum Gasteiger partial charge on any atom is 0.226 e. The summed E-state index contributed by atoms with van der Waals surface area (Å²) in [5, 5.41) is 3.15. The molecule has 0 spiro atoms. The lowest BCUT2D eigenvalue weighted by molar-refractivity contribution is -0.141. The van der Waals surface area contributed by atoms with E-state index in [0.29, 0.717) is 31.1 Å². The summed E-state index contributed by atoms with van der Waals surface area (Å²) in [6.45, 7) is 33.5. The average molecular weight is 764 g/mol. The summed E-state index contributed by atoms with van der Waals surface area (Å²) >= 11 is 0. The SMILES string of the molecule is [2H]C([2H])(C)Oc1ccc(C(C)[C@H](C(C)CC)C(C)[C@](C)(N)[C@@H](C[C@](C)(C(=O)NCC(C)(C(N)=O)C(C)(C)C)C(C)C(C)C)OC)cc1OCC(C)COC(C)C. The fraction of sp³-hybridized carbons (Fsp3) is 0.822. The van der Waals surface area contributed by atoms with Gasteiger partial charge in [-0.1, -0.05) is 95.6 Å². The standard InChI is InChI=1S/C45H83N3O6/c1-19-31(8)39(32(9)35-21-22-36(52-20-2)37(23-35)54-26-30(7)25-53-29(5)6)34(11)45(17,47)38(51-18)24-43(15,33(10)28(3)4)41(50)48-27-44(16,40(46)49)42(12,13)14/h21-23,28-34,38-39H,19-20,24-27,47H2,1-18H3,(H2,46,49)(H,48,50)/t30?,31?,32?,33?,34?,38-,39+,43+,44?,45+/m1/s1/i20D2. The van der Waals surface area contributed by atoms with Crippen LogP contribution in [-0.2, 0) is 19.1 Å². The predicted octanol–water partition coefficient (Wildman–Crippen LogP) is 9.00. The number of benzene rings is 1. The molecule has 0 saturated heterocycles. The molecule has 1 aromatic rings. The molecule has 9 nitrogen and oxygen atoms in total. The molecule has 314 valence electrons. The number of amides is 2. The monoisotopic (exact) mass is 764 g/mol. The van der Waals surface area contributed by atoms with Crippen molar-refractivity contribution < 1.29 is 31.3 Å². The highest BCUT2D eigenvalue weighted by atomic mass is 16.5. The number of nitrogens with one attached hydrogen (secondary N) is 1. The Bertz CT molecular complexity index is 1390. The minimum absolute atomic E-state index is 0.0185. The van der Waals surface area contributed by atoms with Crippen molar-refractivity contribution in [2.24, 2.45) is 63.2 Å². The van der Waals surface area contributed by atoms with E-state index in [9.17, 15) is 9.59 Å². The number of hydrogen-bond donors (Lipinski definition) is 3. The van der Waals surface area contributed by atoms with Crippen LogP contribution in [0.3, 0.4) is 0 Å². The van der Waals surface area contributed by atoms with Crippen LogP contribution in [0.2, 0.25) is 0 Å². The third-order valence-electron chi connectivity index (χ3n) is 13.3. The van der Waals surface area contributed by atoms with Crippen molar-refractivity contribution in [2.75, 3.05) is 33.4 Å². The van der Waals surface area contributed by atoms with Gasteiger partial charge in [0.25, 0.3) is 0 Å². The lowest BCUT2D eigenvalue weighted by Crippen LogP contribution is -2.60. The minimum Gasteiger partial charge on any atom is -0.490 e. The topological polar surface area (TPSA) is 135 Å². The molecule has 1 aromatic carbocycles. The van der Waals surface area contributed by atoms with E-state index in [1.807, 2.05) is 67.5 Å². The highest BCUT2D eigenvalue weighted by molar-refractivity contribution is 5.85. The number of ether oxygens (including phenoxy) is 4. The maximum absolute atomic E-state index is 14.4. The Morgan fingerprint density at radius 3 is 1.93 bits per heavy atom. The highest BCUT2D eigenvalue weighted by Gasteiger charge is 2.50. The number of carbonyl (C=O) groups excluding carboxylic acids is 2. The van der Waals surface area contributed by atoms with E-state index >= 15 is 0 Å². The van der Waals surface area contributed by atoms with Gasteiger partial charge >= 0.3 is 0 Å². The Kier molecular flexibility index (Phi) is 17.6. The van der Waals surface area contributed by atoms with Crippen LogP contribution in [0.15, 0.2) is 18.2 Å². The van der Waals surface area contributed by atoms with Crippen LogP contribution in [0.1, 0.15) is 145 Å². The van der Waals surface area contributed by atoms with Crippen molar-refractivity contribution >= 4 is 11.8 Å². The van der Waals surface area contributed by atoms with Crippen LogP contribution in [-0.4, -0.2) is 63.0 Å². The van der Waals surface area contributed by atoms with Gasteiger partial charge in [0, 0.05) is 25.1 Å². The van der Waals surface area contributed by atoms with E-state index in [1.165, 1.54) is 6.92 Å². The molecule has 0 heterocycles. The fourth-order valence-corrected chi connectivity index (χ4v) is 7.72. The largest absolute Gasteiger partial charge is 0.490 e. The molecule has 0 aliphatic heterocycles. The first-order chi connectivity index (χ1) is 25.4. The molecule has 6 unspecified atom stereocenters. The molecular formula is C45H83N3O6. The highest BCUT2D eigenvalue weighted by Crippen LogP contribution is 2.47. The van der Waals surface area contributed by atoms with Crippen LogP contribution in [0.25, 0.3) is 0 Å². The second kappa shape index (κ2) is 20.7. The number of hydrogen-bond acceptors (Lipinski definition) is 7. The second-order valence-electron chi connectivity index (χ2n) is 18.7. The molecule has 0 radical (unpaired) electrons. The molecule has 2 amide bonds. The van der Waals surface area contributed by atoms with Crippen molar-refractivity contribution in [1.29, 1.82) is 0 Å². The van der Waals surface area contributed by atoms with E-state index in [-0.39, 0.29) is 60.0 Å². The summed E-state index contributed by atoms with van der Waals surface area (Å²) < 4.78 is 40.4. The zero-order chi connectivity index (χ0) is 43.8. The van der Waals surface area contributed by atoms with Crippen LogP contribution in [0, 0.1) is 51.8 Å². The summed E-state index contributed by atoms with van der Waals surface area (Å²) in [5.74, 6) is 0.783. The van der Waals surface area contributed by atoms with Crippen LogP contribution in [0.4, 0.5) is 0 Å². The first-order valence-electron chi connectivity index (χ1n) is 21.4. The molecule has 54 heavy (non-hydrogen) atoms. The van der Waals surface area contributed by atoms with Gasteiger partial charge in [-0.05, 0) is 99.7 Å². The zero-order valence-corrected chi connectivity index (χ0v) is 37.6. The molecule has 9 heteroatoms. The molecule has 0 aliphatic rings. The van der Waals surface area contributed by atoms with Crippen LogP contribution >= 0.6 is 0 Å². The van der Waals surface area contributed by atoms with Gasteiger partial charge in [0.1, 0.15) is 0 Å². The van der Waals surface area contributed by atoms with Crippen LogP contribution in [0.5, 0.6) is 11.5 Å². The Morgan fingerprint density at radius 2 is 1.46 bits per heavy atom. The molecule has 0 saturated carbocycles. The molecule has 10 atom stereocenters. The lowest BCUT2D eigenvalue weighted by Gasteiger charge is -2.49. The number of primary amides is 1. The van der Waals surface area contributed by atoms with Gasteiger partial charge in [-0.15, -0.1) is 0 Å². The molecule has 0 aromatic heterocycles. The Hall–Kier alpha value is -2.36. The van der Waals surface area contributed by atoms with Crippen LogP contribution < -0.4 is 26.3 Å². The molecule has 1 rings (SSSR count). The van der Waals surface area contributed by atoms with Gasteiger partial charge in [-0.2, -0.15) is 0 Å². The maximum atomic E-state index is 14.4. The summed E-state index contributed by atoms with van der Waals surface area (Å²) in [7, 11) is 1.67. The normalized spacial score (nSPS) is 20.5. The molecule has 0 fully saturated rings. The second-order valence-corrected chi connectivity index (χ2v) is 18.7. The lowest BCUT2D eigenvalue weighted by atomic mass is 9.61. The van der Waals surface area contributed by atoms with Gasteiger partial charge < -0.3 is 35.7 Å². The fourth-order valence-electron chi connectivity index (χ4n) is 7.72. The van der Waals surface area contributed by atoms with E-state index < -0.39 is 40.4 Å². The Balaban J connectivity index is 3.66.